The fraction of sp³-hybridized carbons (Fsp3) is 0.462. The molecule has 0 radical (unpaired) electrons. The zero-order chi connectivity index (χ0) is 18.2. The number of aryl methyl sites for hydroxylation is 2. The molecule has 0 aliphatic heterocycles. The van der Waals surface area contributed by atoms with Crippen molar-refractivity contribution in [3.63, 3.8) is 0 Å². The molecular weight excluding hydrogens is 312 g/mol. The van der Waals surface area contributed by atoms with Crippen molar-refractivity contribution in [1.29, 1.82) is 0 Å². The zero-order valence-corrected chi connectivity index (χ0v) is 16.7. The average molecular weight is 347 g/mol. The largest absolute Gasteiger partial charge is 0.0654 e. The van der Waals surface area contributed by atoms with Gasteiger partial charge in [-0.15, -0.1) is 0 Å². The Kier molecular flexibility index (Phi) is 7.12. The first-order valence-electron chi connectivity index (χ1n) is 10.8. The molecule has 0 unspecified atom stereocenters. The van der Waals surface area contributed by atoms with E-state index in [1.54, 1.807) is 0 Å². The fourth-order valence-electron chi connectivity index (χ4n) is 4.01. The third kappa shape index (κ3) is 4.87. The molecular formula is C26H34. The summed E-state index contributed by atoms with van der Waals surface area (Å²) < 4.78 is 0. The molecule has 3 aromatic rings. The molecule has 0 heterocycles. The van der Waals surface area contributed by atoms with Gasteiger partial charge in [-0.2, -0.15) is 0 Å². The smallest absolute Gasteiger partial charge is 0.0146 e. The summed E-state index contributed by atoms with van der Waals surface area (Å²) in [4.78, 5) is 0. The minimum Gasteiger partial charge on any atom is -0.0654 e. The SMILES string of the molecule is CCCCCCc1ccc2cc3cccc(CCCCCC)c3cc2c1. The van der Waals surface area contributed by atoms with E-state index in [1.807, 2.05) is 0 Å². The molecule has 0 heteroatoms. The lowest BCUT2D eigenvalue weighted by molar-refractivity contribution is 0.667. The van der Waals surface area contributed by atoms with Crippen molar-refractivity contribution in [2.24, 2.45) is 0 Å². The molecule has 0 aromatic heterocycles. The van der Waals surface area contributed by atoms with E-state index < -0.39 is 0 Å². The maximum Gasteiger partial charge on any atom is -0.0146 e. The highest BCUT2D eigenvalue weighted by Crippen LogP contribution is 2.28. The Hall–Kier alpha value is -1.82. The Labute approximate surface area is 159 Å². The van der Waals surface area contributed by atoms with Crippen molar-refractivity contribution in [3.05, 3.63) is 59.7 Å². The van der Waals surface area contributed by atoms with Gasteiger partial charge in [0, 0.05) is 0 Å². The van der Waals surface area contributed by atoms with Crippen LogP contribution in [0.15, 0.2) is 48.5 Å². The molecule has 26 heavy (non-hydrogen) atoms. The monoisotopic (exact) mass is 346 g/mol. The second-order valence-corrected chi connectivity index (χ2v) is 7.79. The van der Waals surface area contributed by atoms with E-state index in [9.17, 15) is 0 Å². The lowest BCUT2D eigenvalue weighted by atomic mass is 9.95. The molecule has 0 fully saturated rings. The first-order chi connectivity index (χ1) is 12.8. The fourth-order valence-corrected chi connectivity index (χ4v) is 4.01. The minimum atomic E-state index is 1.21. The average Bonchev–Trinajstić information content (AvgIpc) is 2.67. The van der Waals surface area contributed by atoms with Gasteiger partial charge in [0.15, 0.2) is 0 Å². The van der Waals surface area contributed by atoms with Crippen LogP contribution in [-0.2, 0) is 12.8 Å². The number of rotatable bonds is 10. The van der Waals surface area contributed by atoms with Gasteiger partial charge in [0.1, 0.15) is 0 Å². The lowest BCUT2D eigenvalue weighted by Gasteiger charge is -2.10. The van der Waals surface area contributed by atoms with E-state index in [0.717, 1.165) is 0 Å². The van der Waals surface area contributed by atoms with Crippen LogP contribution in [0.5, 0.6) is 0 Å². The predicted molar refractivity (Wildman–Crippen MR) is 117 cm³/mol. The molecule has 0 saturated heterocycles. The van der Waals surface area contributed by atoms with Crippen LogP contribution in [0, 0.1) is 0 Å². The van der Waals surface area contributed by atoms with Gasteiger partial charge in [-0.05, 0) is 70.5 Å². The number of fused-ring (bicyclic) bond motifs is 2. The summed E-state index contributed by atoms with van der Waals surface area (Å²) in [6.07, 6.45) is 13.1. The summed E-state index contributed by atoms with van der Waals surface area (Å²) in [5, 5.41) is 5.63. The second-order valence-electron chi connectivity index (χ2n) is 7.79. The van der Waals surface area contributed by atoms with Gasteiger partial charge < -0.3 is 0 Å². The quantitative estimate of drug-likeness (QED) is 0.256. The van der Waals surface area contributed by atoms with Crippen LogP contribution in [0.1, 0.15) is 76.3 Å². The molecule has 0 spiro atoms. The highest BCUT2D eigenvalue weighted by atomic mass is 14.1. The highest BCUT2D eigenvalue weighted by molar-refractivity contribution is 5.99. The third-order valence-electron chi connectivity index (χ3n) is 5.61. The number of hydrogen-bond donors (Lipinski definition) is 0. The summed E-state index contributed by atoms with van der Waals surface area (Å²) in [6, 6.07) is 18.7. The maximum absolute atomic E-state index is 2.44. The molecule has 138 valence electrons. The van der Waals surface area contributed by atoms with Gasteiger partial charge in [-0.3, -0.25) is 0 Å². The van der Waals surface area contributed by atoms with Crippen molar-refractivity contribution < 1.29 is 0 Å². The van der Waals surface area contributed by atoms with Crippen LogP contribution in [0.3, 0.4) is 0 Å². The summed E-state index contributed by atoms with van der Waals surface area (Å²) in [7, 11) is 0. The van der Waals surface area contributed by atoms with Crippen LogP contribution in [0.25, 0.3) is 21.5 Å². The van der Waals surface area contributed by atoms with Crippen LogP contribution >= 0.6 is 0 Å². The van der Waals surface area contributed by atoms with Gasteiger partial charge in [-0.1, -0.05) is 88.8 Å². The summed E-state index contributed by atoms with van der Waals surface area (Å²) in [6.45, 7) is 4.56. The van der Waals surface area contributed by atoms with E-state index in [1.165, 1.54) is 96.9 Å². The number of unbranched alkanes of at least 4 members (excludes halogenated alkanes) is 6. The summed E-state index contributed by atoms with van der Waals surface area (Å²) in [5.41, 5.74) is 3.02. The third-order valence-corrected chi connectivity index (χ3v) is 5.61. The molecule has 0 aliphatic rings. The minimum absolute atomic E-state index is 1.21. The molecule has 0 bridgehead atoms. The highest BCUT2D eigenvalue weighted by Gasteiger charge is 2.05. The molecule has 0 atom stereocenters. The maximum atomic E-state index is 2.44. The summed E-state index contributed by atoms with van der Waals surface area (Å²) >= 11 is 0. The van der Waals surface area contributed by atoms with Crippen LogP contribution in [0.4, 0.5) is 0 Å². The van der Waals surface area contributed by atoms with Gasteiger partial charge in [0.2, 0.25) is 0 Å². The standard InChI is InChI=1S/C26H34/c1-3-5-7-9-12-21-16-17-23-19-24-15-11-14-22(13-10-8-6-4-2)26(24)20-25(23)18-21/h11,14-20H,3-10,12-13H2,1-2H3. The first kappa shape index (κ1) is 19.0. The Balaban J connectivity index is 1.83. The topological polar surface area (TPSA) is 0 Å². The van der Waals surface area contributed by atoms with Crippen LogP contribution < -0.4 is 0 Å². The number of benzene rings is 3. The van der Waals surface area contributed by atoms with Crippen LogP contribution in [-0.4, -0.2) is 0 Å². The van der Waals surface area contributed by atoms with Gasteiger partial charge in [0.25, 0.3) is 0 Å². The van der Waals surface area contributed by atoms with Crippen molar-refractivity contribution >= 4 is 21.5 Å². The Bertz CT molecular complexity index is 828. The molecule has 0 amide bonds. The summed E-state index contributed by atoms with van der Waals surface area (Å²) in [5.74, 6) is 0. The predicted octanol–water partition coefficient (Wildman–Crippen LogP) is 8.24. The zero-order valence-electron chi connectivity index (χ0n) is 16.7. The van der Waals surface area contributed by atoms with Gasteiger partial charge in [0.05, 0.1) is 0 Å². The van der Waals surface area contributed by atoms with Crippen molar-refractivity contribution in [2.75, 3.05) is 0 Å². The van der Waals surface area contributed by atoms with E-state index in [-0.39, 0.29) is 0 Å². The first-order valence-corrected chi connectivity index (χ1v) is 10.8. The molecule has 0 N–H and O–H groups in total. The van der Waals surface area contributed by atoms with E-state index in [0.29, 0.717) is 0 Å². The normalized spacial score (nSPS) is 11.5. The Morgan fingerprint density at radius 2 is 1.35 bits per heavy atom. The number of hydrogen-bond acceptors (Lipinski definition) is 0. The molecule has 0 saturated carbocycles. The second kappa shape index (κ2) is 9.76. The van der Waals surface area contributed by atoms with E-state index in [2.05, 4.69) is 62.4 Å². The van der Waals surface area contributed by atoms with Crippen LogP contribution in [0.2, 0.25) is 0 Å². The van der Waals surface area contributed by atoms with Gasteiger partial charge in [-0.25, -0.2) is 0 Å². The van der Waals surface area contributed by atoms with E-state index in [4.69, 9.17) is 0 Å². The lowest BCUT2D eigenvalue weighted by Crippen LogP contribution is -1.90. The Morgan fingerprint density at radius 1 is 0.577 bits per heavy atom. The molecule has 0 aliphatic carbocycles. The van der Waals surface area contributed by atoms with Gasteiger partial charge >= 0.3 is 0 Å². The van der Waals surface area contributed by atoms with Crippen molar-refractivity contribution in [2.45, 2.75) is 78.1 Å². The van der Waals surface area contributed by atoms with E-state index >= 15 is 0 Å². The molecule has 3 aromatic carbocycles. The molecule has 3 rings (SSSR count). The Morgan fingerprint density at radius 3 is 2.12 bits per heavy atom. The van der Waals surface area contributed by atoms with Crippen molar-refractivity contribution in [1.82, 2.24) is 0 Å². The molecule has 0 nitrogen and oxygen atoms in total. The van der Waals surface area contributed by atoms with Crippen molar-refractivity contribution in [3.8, 4) is 0 Å².